The highest BCUT2D eigenvalue weighted by molar-refractivity contribution is 7.75. The van der Waals surface area contributed by atoms with E-state index in [0.717, 1.165) is 0 Å². The molecule has 0 aromatic heterocycles. The lowest BCUT2D eigenvalue weighted by Gasteiger charge is -2.31. The number of carbonyl (C=O) groups excluding carboxylic acids is 1. The third-order valence-electron chi connectivity index (χ3n) is 1.95. The second kappa shape index (κ2) is 3.46. The summed E-state index contributed by atoms with van der Waals surface area (Å²) in [6.45, 7) is 14.5. The molecule has 0 aliphatic rings. The van der Waals surface area contributed by atoms with Crippen molar-refractivity contribution in [1.29, 1.82) is 0 Å². The van der Waals surface area contributed by atoms with E-state index in [4.69, 9.17) is 0 Å². The van der Waals surface area contributed by atoms with E-state index in [1.54, 1.807) is 0 Å². The van der Waals surface area contributed by atoms with Crippen molar-refractivity contribution in [3.05, 3.63) is 0 Å². The zero-order valence-corrected chi connectivity index (χ0v) is 10.2. The maximum absolute atomic E-state index is 11.8. The summed E-state index contributed by atoms with van der Waals surface area (Å²) < 4.78 is 0. The normalized spacial score (nSPS) is 15.9. The number of carbonyl (C=O) groups is 1. The van der Waals surface area contributed by atoms with Gasteiger partial charge in [-0.05, 0) is 19.7 Å². The van der Waals surface area contributed by atoms with E-state index in [1.807, 2.05) is 20.8 Å². The van der Waals surface area contributed by atoms with Gasteiger partial charge in [-0.1, -0.05) is 41.5 Å². The van der Waals surface area contributed by atoms with Crippen LogP contribution in [0.1, 0.15) is 41.5 Å². The average Bonchev–Trinajstić information content (AvgIpc) is 1.80. The highest BCUT2D eigenvalue weighted by Crippen LogP contribution is 2.50. The molecular weight excluding hydrogens is 167 g/mol. The quantitative estimate of drug-likeness (QED) is 0.576. The van der Waals surface area contributed by atoms with Crippen LogP contribution in [0.5, 0.6) is 0 Å². The summed E-state index contributed by atoms with van der Waals surface area (Å²) in [4.78, 5) is 11.8. The lowest BCUT2D eigenvalue weighted by molar-refractivity contribution is -0.118. The molecule has 1 nitrogen and oxygen atoms in total. The van der Waals surface area contributed by atoms with Crippen molar-refractivity contribution in [3.63, 3.8) is 0 Å². The summed E-state index contributed by atoms with van der Waals surface area (Å²) in [6.07, 6.45) is 0. The largest absolute Gasteiger partial charge is 0.294 e. The highest BCUT2D eigenvalue weighted by atomic mass is 31.1. The molecule has 0 aromatic rings. The average molecular weight is 188 g/mol. The molecular formula is C10H21OP. The van der Waals surface area contributed by atoms with Crippen LogP contribution in [0, 0.1) is 5.41 Å². The van der Waals surface area contributed by atoms with Crippen LogP contribution in [0.4, 0.5) is 0 Å². The van der Waals surface area contributed by atoms with Gasteiger partial charge in [-0.3, -0.25) is 4.79 Å². The molecule has 0 saturated carbocycles. The van der Waals surface area contributed by atoms with E-state index in [0.29, 0.717) is 5.52 Å². The minimum absolute atomic E-state index is 0.152. The first-order chi connectivity index (χ1) is 5.07. The third kappa shape index (κ3) is 3.23. The van der Waals surface area contributed by atoms with E-state index in [2.05, 4.69) is 27.4 Å². The van der Waals surface area contributed by atoms with Crippen molar-refractivity contribution < 1.29 is 4.79 Å². The van der Waals surface area contributed by atoms with Gasteiger partial charge in [0.15, 0.2) is 5.52 Å². The van der Waals surface area contributed by atoms with Gasteiger partial charge < -0.3 is 0 Å². The Kier molecular flexibility index (Phi) is 3.49. The highest BCUT2D eigenvalue weighted by Gasteiger charge is 2.33. The van der Waals surface area contributed by atoms with Crippen molar-refractivity contribution >= 4 is 13.4 Å². The van der Waals surface area contributed by atoms with Gasteiger partial charge in [0.05, 0.1) is 0 Å². The molecule has 0 spiro atoms. The van der Waals surface area contributed by atoms with Crippen LogP contribution < -0.4 is 0 Å². The molecule has 0 aliphatic heterocycles. The second-order valence-electron chi connectivity index (χ2n) is 5.28. The maximum atomic E-state index is 11.8. The lowest BCUT2D eigenvalue weighted by atomic mass is 9.99. The molecule has 0 aliphatic carbocycles. The summed E-state index contributed by atoms with van der Waals surface area (Å²) in [7, 11) is -0.510. The lowest BCUT2D eigenvalue weighted by Crippen LogP contribution is -2.25. The van der Waals surface area contributed by atoms with Crippen molar-refractivity contribution in [2.24, 2.45) is 5.41 Å². The van der Waals surface area contributed by atoms with E-state index in [-0.39, 0.29) is 10.6 Å². The number of rotatable bonds is 1. The van der Waals surface area contributed by atoms with Gasteiger partial charge in [0.25, 0.3) is 0 Å². The number of hydrogen-bond donors (Lipinski definition) is 0. The summed E-state index contributed by atoms with van der Waals surface area (Å²) >= 11 is 0. The van der Waals surface area contributed by atoms with Gasteiger partial charge in [0.2, 0.25) is 0 Å². The fourth-order valence-electron chi connectivity index (χ4n) is 0.808. The minimum atomic E-state index is -0.510. The van der Waals surface area contributed by atoms with Gasteiger partial charge in [0, 0.05) is 5.41 Å². The van der Waals surface area contributed by atoms with Gasteiger partial charge in [0.1, 0.15) is 0 Å². The molecule has 0 N–H and O–H groups in total. The fraction of sp³-hybridized carbons (Fsp3) is 0.900. The molecule has 72 valence electrons. The molecule has 0 saturated heterocycles. The summed E-state index contributed by atoms with van der Waals surface area (Å²) in [5.74, 6) is 0. The first kappa shape index (κ1) is 12.1. The molecule has 2 heteroatoms. The van der Waals surface area contributed by atoms with Crippen molar-refractivity contribution in [2.75, 3.05) is 6.66 Å². The minimum Gasteiger partial charge on any atom is -0.294 e. The summed E-state index contributed by atoms with van der Waals surface area (Å²) in [5.41, 5.74) is 0.248. The Morgan fingerprint density at radius 3 is 1.42 bits per heavy atom. The van der Waals surface area contributed by atoms with E-state index in [1.165, 1.54) is 0 Å². The van der Waals surface area contributed by atoms with Gasteiger partial charge in [-0.15, -0.1) is 0 Å². The zero-order chi connectivity index (χ0) is 10.2. The molecule has 0 radical (unpaired) electrons. The van der Waals surface area contributed by atoms with Crippen LogP contribution in [0.2, 0.25) is 0 Å². The number of hydrogen-bond acceptors (Lipinski definition) is 1. The van der Waals surface area contributed by atoms with E-state index in [9.17, 15) is 4.79 Å². The SMILES string of the molecule is CP(C(=O)C(C)(C)C)C(C)(C)C. The Bertz CT molecular complexity index is 171. The Hall–Kier alpha value is 0.100. The van der Waals surface area contributed by atoms with E-state index >= 15 is 0 Å². The standard InChI is InChI=1S/C10H21OP/c1-9(2,3)8(11)12(7)10(4,5)6/h1-7H3. The van der Waals surface area contributed by atoms with Gasteiger partial charge in [-0.2, -0.15) is 0 Å². The van der Waals surface area contributed by atoms with Gasteiger partial charge in [-0.25, -0.2) is 0 Å². The summed E-state index contributed by atoms with van der Waals surface area (Å²) in [5, 5.41) is 0.152. The Labute approximate surface area is 77.7 Å². The van der Waals surface area contributed by atoms with Crippen LogP contribution in [0.3, 0.4) is 0 Å². The fourth-order valence-corrected chi connectivity index (χ4v) is 2.42. The van der Waals surface area contributed by atoms with Crippen molar-refractivity contribution in [3.8, 4) is 0 Å². The topological polar surface area (TPSA) is 17.1 Å². The van der Waals surface area contributed by atoms with Crippen LogP contribution in [0.15, 0.2) is 0 Å². The molecule has 0 amide bonds. The Balaban J connectivity index is 4.53. The molecule has 1 unspecified atom stereocenters. The predicted molar refractivity (Wildman–Crippen MR) is 57.1 cm³/mol. The zero-order valence-electron chi connectivity index (χ0n) is 9.36. The Morgan fingerprint density at radius 1 is 1.00 bits per heavy atom. The van der Waals surface area contributed by atoms with Crippen molar-refractivity contribution in [2.45, 2.75) is 46.7 Å². The van der Waals surface area contributed by atoms with Crippen LogP contribution in [-0.2, 0) is 4.79 Å². The molecule has 12 heavy (non-hydrogen) atoms. The predicted octanol–water partition coefficient (Wildman–Crippen LogP) is 3.47. The van der Waals surface area contributed by atoms with Gasteiger partial charge >= 0.3 is 0 Å². The van der Waals surface area contributed by atoms with E-state index < -0.39 is 7.92 Å². The monoisotopic (exact) mass is 188 g/mol. The third-order valence-corrected chi connectivity index (χ3v) is 5.25. The van der Waals surface area contributed by atoms with Crippen LogP contribution in [0.25, 0.3) is 0 Å². The summed E-state index contributed by atoms with van der Waals surface area (Å²) in [6, 6.07) is 0. The van der Waals surface area contributed by atoms with Crippen LogP contribution >= 0.6 is 7.92 Å². The molecule has 1 atom stereocenters. The van der Waals surface area contributed by atoms with Crippen LogP contribution in [-0.4, -0.2) is 17.3 Å². The molecule has 0 heterocycles. The van der Waals surface area contributed by atoms with Crippen molar-refractivity contribution in [1.82, 2.24) is 0 Å². The first-order valence-electron chi connectivity index (χ1n) is 4.35. The molecule has 0 rings (SSSR count). The molecule has 0 bridgehead atoms. The Morgan fingerprint density at radius 2 is 1.33 bits per heavy atom. The maximum Gasteiger partial charge on any atom is 0.159 e. The smallest absolute Gasteiger partial charge is 0.159 e. The molecule has 0 fully saturated rings. The first-order valence-corrected chi connectivity index (χ1v) is 6.14. The molecule has 0 aromatic carbocycles. The second-order valence-corrected chi connectivity index (χ2v) is 8.15.